The topological polar surface area (TPSA) is 42.3 Å². The minimum Gasteiger partial charge on any atom is -0.374 e. The van der Waals surface area contributed by atoms with Crippen LogP contribution in [-0.2, 0) is 17.8 Å². The minimum absolute atomic E-state index is 0.316. The van der Waals surface area contributed by atoms with Crippen LogP contribution in [0.3, 0.4) is 0 Å². The standard InChI is InChI=1S/C13H24N4O/c1-3-16-7-8-18-13(11-16)10-14-9-12-5-6-15-17(12)4-2/h5-6,13-14H,3-4,7-11H2,1-2H3. The molecular formula is C13H24N4O. The molecule has 0 bridgehead atoms. The number of hydrogen-bond donors (Lipinski definition) is 1. The molecule has 1 aromatic heterocycles. The van der Waals surface area contributed by atoms with E-state index in [4.69, 9.17) is 4.74 Å². The molecule has 1 unspecified atom stereocenters. The SMILES string of the molecule is CCN1CCOC(CNCc2ccnn2CC)C1. The number of nitrogens with zero attached hydrogens (tertiary/aromatic N) is 3. The lowest BCUT2D eigenvalue weighted by Gasteiger charge is -2.32. The lowest BCUT2D eigenvalue weighted by molar-refractivity contribution is -0.0254. The van der Waals surface area contributed by atoms with Crippen LogP contribution in [-0.4, -0.2) is 53.6 Å². The molecule has 0 aromatic carbocycles. The third kappa shape index (κ3) is 3.54. The van der Waals surface area contributed by atoms with Crippen molar-refractivity contribution in [3.8, 4) is 0 Å². The average molecular weight is 252 g/mol. The van der Waals surface area contributed by atoms with E-state index in [2.05, 4.69) is 35.2 Å². The number of nitrogens with one attached hydrogen (secondary N) is 1. The number of rotatable bonds is 6. The van der Waals surface area contributed by atoms with Gasteiger partial charge in [0.1, 0.15) is 0 Å². The van der Waals surface area contributed by atoms with Crippen LogP contribution < -0.4 is 5.32 Å². The molecule has 1 aromatic rings. The van der Waals surface area contributed by atoms with Gasteiger partial charge in [0, 0.05) is 38.9 Å². The fraction of sp³-hybridized carbons (Fsp3) is 0.769. The number of likely N-dealkylation sites (N-methyl/N-ethyl adjacent to an activating group) is 1. The van der Waals surface area contributed by atoms with Gasteiger partial charge in [0.05, 0.1) is 18.4 Å². The van der Waals surface area contributed by atoms with Crippen molar-refractivity contribution in [3.63, 3.8) is 0 Å². The molecule has 0 aliphatic carbocycles. The second-order valence-electron chi connectivity index (χ2n) is 4.66. The van der Waals surface area contributed by atoms with Crippen LogP contribution in [0.15, 0.2) is 12.3 Å². The molecule has 0 saturated carbocycles. The van der Waals surface area contributed by atoms with Crippen LogP contribution in [0.25, 0.3) is 0 Å². The minimum atomic E-state index is 0.316. The molecule has 102 valence electrons. The van der Waals surface area contributed by atoms with Gasteiger partial charge in [0.25, 0.3) is 0 Å². The molecule has 5 heteroatoms. The maximum absolute atomic E-state index is 5.76. The molecule has 0 spiro atoms. The highest BCUT2D eigenvalue weighted by Gasteiger charge is 2.18. The van der Waals surface area contributed by atoms with Crippen molar-refractivity contribution in [2.24, 2.45) is 0 Å². The first-order chi connectivity index (χ1) is 8.83. The first-order valence-electron chi connectivity index (χ1n) is 6.88. The molecule has 1 fully saturated rings. The van der Waals surface area contributed by atoms with Gasteiger partial charge in [-0.1, -0.05) is 6.92 Å². The lowest BCUT2D eigenvalue weighted by atomic mass is 10.2. The van der Waals surface area contributed by atoms with E-state index in [9.17, 15) is 0 Å². The number of morpholine rings is 1. The highest BCUT2D eigenvalue weighted by Crippen LogP contribution is 2.04. The summed E-state index contributed by atoms with van der Waals surface area (Å²) in [5, 5.41) is 7.73. The summed E-state index contributed by atoms with van der Waals surface area (Å²) < 4.78 is 7.78. The summed E-state index contributed by atoms with van der Waals surface area (Å²) in [5.41, 5.74) is 1.24. The van der Waals surface area contributed by atoms with E-state index in [1.165, 1.54) is 5.69 Å². The van der Waals surface area contributed by atoms with Crippen LogP contribution in [0.1, 0.15) is 19.5 Å². The summed E-state index contributed by atoms with van der Waals surface area (Å²) in [5.74, 6) is 0. The van der Waals surface area contributed by atoms with E-state index in [0.717, 1.165) is 45.9 Å². The van der Waals surface area contributed by atoms with Crippen molar-refractivity contribution < 1.29 is 4.74 Å². The van der Waals surface area contributed by atoms with Gasteiger partial charge in [0.15, 0.2) is 0 Å². The first-order valence-corrected chi connectivity index (χ1v) is 6.88. The summed E-state index contributed by atoms with van der Waals surface area (Å²) in [6.45, 7) is 11.1. The van der Waals surface area contributed by atoms with Crippen molar-refractivity contribution >= 4 is 0 Å². The van der Waals surface area contributed by atoms with Crippen LogP contribution in [0, 0.1) is 0 Å². The quantitative estimate of drug-likeness (QED) is 0.810. The van der Waals surface area contributed by atoms with Crippen molar-refractivity contribution in [3.05, 3.63) is 18.0 Å². The number of aromatic nitrogens is 2. The molecule has 1 atom stereocenters. The Morgan fingerprint density at radius 1 is 1.44 bits per heavy atom. The van der Waals surface area contributed by atoms with Crippen molar-refractivity contribution in [2.45, 2.75) is 33.0 Å². The predicted octanol–water partition coefficient (Wildman–Crippen LogP) is 0.713. The smallest absolute Gasteiger partial charge is 0.0826 e. The fourth-order valence-electron chi connectivity index (χ4n) is 2.35. The van der Waals surface area contributed by atoms with Gasteiger partial charge < -0.3 is 10.1 Å². The Hall–Kier alpha value is -0.910. The first kappa shape index (κ1) is 13.5. The number of ether oxygens (including phenoxy) is 1. The van der Waals surface area contributed by atoms with Crippen molar-refractivity contribution in [1.82, 2.24) is 20.0 Å². The van der Waals surface area contributed by atoms with Gasteiger partial charge >= 0.3 is 0 Å². The van der Waals surface area contributed by atoms with Crippen LogP contribution in [0.2, 0.25) is 0 Å². The molecule has 1 saturated heterocycles. The summed E-state index contributed by atoms with van der Waals surface area (Å²) in [4.78, 5) is 2.44. The summed E-state index contributed by atoms with van der Waals surface area (Å²) in [6, 6.07) is 2.07. The molecule has 1 N–H and O–H groups in total. The summed E-state index contributed by atoms with van der Waals surface area (Å²) in [6.07, 6.45) is 2.17. The fourth-order valence-corrected chi connectivity index (χ4v) is 2.35. The molecule has 2 heterocycles. The van der Waals surface area contributed by atoms with Gasteiger partial charge in [-0.05, 0) is 19.5 Å². The van der Waals surface area contributed by atoms with Crippen LogP contribution in [0.4, 0.5) is 0 Å². The zero-order valence-electron chi connectivity index (χ0n) is 11.4. The van der Waals surface area contributed by atoms with E-state index >= 15 is 0 Å². The number of hydrogen-bond acceptors (Lipinski definition) is 4. The summed E-state index contributed by atoms with van der Waals surface area (Å²) in [7, 11) is 0. The van der Waals surface area contributed by atoms with Gasteiger partial charge in [-0.2, -0.15) is 5.10 Å². The highest BCUT2D eigenvalue weighted by molar-refractivity contribution is 4.99. The normalized spacial score (nSPS) is 21.3. The van der Waals surface area contributed by atoms with Crippen molar-refractivity contribution in [1.29, 1.82) is 0 Å². The third-order valence-corrected chi connectivity index (χ3v) is 3.45. The molecule has 2 rings (SSSR count). The van der Waals surface area contributed by atoms with Gasteiger partial charge in [-0.3, -0.25) is 9.58 Å². The van der Waals surface area contributed by atoms with Gasteiger partial charge in [0.2, 0.25) is 0 Å². The van der Waals surface area contributed by atoms with E-state index < -0.39 is 0 Å². The monoisotopic (exact) mass is 252 g/mol. The van der Waals surface area contributed by atoms with E-state index in [0.29, 0.717) is 6.10 Å². The zero-order valence-corrected chi connectivity index (χ0v) is 11.4. The Morgan fingerprint density at radius 2 is 2.33 bits per heavy atom. The Morgan fingerprint density at radius 3 is 3.11 bits per heavy atom. The maximum atomic E-state index is 5.76. The second-order valence-corrected chi connectivity index (χ2v) is 4.66. The number of aryl methyl sites for hydroxylation is 1. The van der Waals surface area contributed by atoms with Crippen molar-refractivity contribution in [2.75, 3.05) is 32.8 Å². The summed E-state index contributed by atoms with van der Waals surface area (Å²) >= 11 is 0. The van der Waals surface area contributed by atoms with Gasteiger partial charge in [-0.25, -0.2) is 0 Å². The maximum Gasteiger partial charge on any atom is 0.0826 e. The molecule has 5 nitrogen and oxygen atoms in total. The zero-order chi connectivity index (χ0) is 12.8. The average Bonchev–Trinajstić information content (AvgIpc) is 2.86. The Kier molecular flexibility index (Phi) is 5.16. The largest absolute Gasteiger partial charge is 0.374 e. The highest BCUT2D eigenvalue weighted by atomic mass is 16.5. The van der Waals surface area contributed by atoms with E-state index in [1.807, 2.05) is 10.9 Å². The Balaban J connectivity index is 1.72. The van der Waals surface area contributed by atoms with Gasteiger partial charge in [-0.15, -0.1) is 0 Å². The molecule has 0 radical (unpaired) electrons. The third-order valence-electron chi connectivity index (χ3n) is 3.45. The molecule has 0 amide bonds. The van der Waals surface area contributed by atoms with Crippen LogP contribution in [0.5, 0.6) is 0 Å². The Bertz CT molecular complexity index is 353. The molecule has 1 aliphatic rings. The second kappa shape index (κ2) is 6.87. The molecule has 18 heavy (non-hydrogen) atoms. The molecular weight excluding hydrogens is 228 g/mol. The predicted molar refractivity (Wildman–Crippen MR) is 71.5 cm³/mol. The lowest BCUT2D eigenvalue weighted by Crippen LogP contribution is -2.46. The van der Waals surface area contributed by atoms with E-state index in [-0.39, 0.29) is 0 Å². The Labute approximate surface area is 109 Å². The molecule has 1 aliphatic heterocycles. The van der Waals surface area contributed by atoms with Crippen LogP contribution >= 0.6 is 0 Å². The van der Waals surface area contributed by atoms with E-state index in [1.54, 1.807) is 0 Å².